The average Bonchev–Trinajstić information content (AvgIpc) is 3.00. The SMILES string of the molecule is CC(Nc1cncc2nnnn12)c1nccs1. The summed E-state index contributed by atoms with van der Waals surface area (Å²) in [5, 5.41) is 17.6. The number of fused-ring (bicyclic) bond motifs is 1. The molecule has 0 aliphatic rings. The minimum Gasteiger partial charge on any atom is -0.360 e. The van der Waals surface area contributed by atoms with Gasteiger partial charge in [-0.3, -0.25) is 4.98 Å². The second-order valence-electron chi connectivity index (χ2n) is 3.48. The Labute approximate surface area is 101 Å². The van der Waals surface area contributed by atoms with Crippen molar-refractivity contribution in [2.75, 3.05) is 5.32 Å². The third-order valence-electron chi connectivity index (χ3n) is 2.29. The molecule has 7 nitrogen and oxygen atoms in total. The molecular formula is C9H9N7S. The van der Waals surface area contributed by atoms with Crippen LogP contribution in [0.15, 0.2) is 24.0 Å². The number of nitrogens with one attached hydrogen (secondary N) is 1. The molecule has 3 rings (SSSR count). The number of tetrazole rings is 1. The monoisotopic (exact) mass is 247 g/mol. The van der Waals surface area contributed by atoms with Gasteiger partial charge in [-0.1, -0.05) is 0 Å². The third-order valence-corrected chi connectivity index (χ3v) is 3.25. The lowest BCUT2D eigenvalue weighted by Gasteiger charge is -2.12. The van der Waals surface area contributed by atoms with Crippen molar-refractivity contribution >= 4 is 22.8 Å². The minimum absolute atomic E-state index is 0.0894. The van der Waals surface area contributed by atoms with E-state index >= 15 is 0 Å². The molecule has 0 spiro atoms. The second-order valence-corrected chi connectivity index (χ2v) is 4.40. The van der Waals surface area contributed by atoms with Gasteiger partial charge in [0, 0.05) is 11.6 Å². The van der Waals surface area contributed by atoms with Gasteiger partial charge in [-0.25, -0.2) is 4.98 Å². The summed E-state index contributed by atoms with van der Waals surface area (Å²) in [6.45, 7) is 2.03. The highest BCUT2D eigenvalue weighted by atomic mass is 32.1. The number of aromatic nitrogens is 6. The van der Waals surface area contributed by atoms with Gasteiger partial charge in [0.1, 0.15) is 5.01 Å². The van der Waals surface area contributed by atoms with E-state index in [0.717, 1.165) is 10.8 Å². The average molecular weight is 247 g/mol. The van der Waals surface area contributed by atoms with Gasteiger partial charge in [0.25, 0.3) is 0 Å². The number of nitrogens with zero attached hydrogens (tertiary/aromatic N) is 6. The van der Waals surface area contributed by atoms with E-state index in [0.29, 0.717) is 5.65 Å². The van der Waals surface area contributed by atoms with Crippen molar-refractivity contribution in [3.05, 3.63) is 29.0 Å². The van der Waals surface area contributed by atoms with Crippen LogP contribution in [0.3, 0.4) is 0 Å². The summed E-state index contributed by atoms with van der Waals surface area (Å²) in [5.74, 6) is 0.746. The Balaban J connectivity index is 1.92. The van der Waals surface area contributed by atoms with Crippen molar-refractivity contribution in [2.45, 2.75) is 13.0 Å². The van der Waals surface area contributed by atoms with Gasteiger partial charge in [-0.15, -0.1) is 16.4 Å². The molecule has 1 unspecified atom stereocenters. The van der Waals surface area contributed by atoms with Crippen LogP contribution in [0.5, 0.6) is 0 Å². The van der Waals surface area contributed by atoms with Crippen molar-refractivity contribution in [1.29, 1.82) is 0 Å². The van der Waals surface area contributed by atoms with Crippen LogP contribution < -0.4 is 5.32 Å². The molecule has 0 amide bonds. The molecule has 86 valence electrons. The smallest absolute Gasteiger partial charge is 0.199 e. The van der Waals surface area contributed by atoms with E-state index in [1.807, 2.05) is 12.3 Å². The van der Waals surface area contributed by atoms with Crippen LogP contribution in [0.1, 0.15) is 18.0 Å². The highest BCUT2D eigenvalue weighted by Gasteiger charge is 2.10. The highest BCUT2D eigenvalue weighted by molar-refractivity contribution is 7.09. The van der Waals surface area contributed by atoms with Gasteiger partial charge in [-0.05, 0) is 17.4 Å². The fourth-order valence-corrected chi connectivity index (χ4v) is 2.15. The minimum atomic E-state index is 0.0894. The van der Waals surface area contributed by atoms with E-state index in [2.05, 4.69) is 30.8 Å². The molecule has 0 saturated heterocycles. The Morgan fingerprint density at radius 2 is 2.35 bits per heavy atom. The molecule has 0 aliphatic carbocycles. The van der Waals surface area contributed by atoms with E-state index in [-0.39, 0.29) is 6.04 Å². The lowest BCUT2D eigenvalue weighted by Crippen LogP contribution is -2.10. The number of hydrogen-bond acceptors (Lipinski definition) is 7. The largest absolute Gasteiger partial charge is 0.360 e. The quantitative estimate of drug-likeness (QED) is 0.747. The zero-order valence-corrected chi connectivity index (χ0v) is 9.79. The predicted molar refractivity (Wildman–Crippen MR) is 62.7 cm³/mol. The number of thiazole rings is 1. The Kier molecular flexibility index (Phi) is 2.41. The fourth-order valence-electron chi connectivity index (χ4n) is 1.51. The first kappa shape index (κ1) is 10.1. The molecule has 0 aromatic carbocycles. The number of anilines is 1. The normalized spacial score (nSPS) is 12.8. The summed E-state index contributed by atoms with van der Waals surface area (Å²) in [6, 6.07) is 0.0894. The summed E-state index contributed by atoms with van der Waals surface area (Å²) in [7, 11) is 0. The maximum Gasteiger partial charge on any atom is 0.199 e. The summed E-state index contributed by atoms with van der Waals surface area (Å²) < 4.78 is 1.61. The Morgan fingerprint density at radius 1 is 1.41 bits per heavy atom. The van der Waals surface area contributed by atoms with Gasteiger partial charge in [0.2, 0.25) is 0 Å². The molecule has 0 fully saturated rings. The summed E-state index contributed by atoms with van der Waals surface area (Å²) in [6.07, 6.45) is 5.08. The van der Waals surface area contributed by atoms with Gasteiger partial charge in [0.05, 0.1) is 18.4 Å². The van der Waals surface area contributed by atoms with Crippen molar-refractivity contribution in [2.24, 2.45) is 0 Å². The lowest BCUT2D eigenvalue weighted by molar-refractivity contribution is 0.793. The molecule has 0 radical (unpaired) electrons. The maximum absolute atomic E-state index is 4.25. The summed E-state index contributed by atoms with van der Waals surface area (Å²) in [4.78, 5) is 8.33. The Hall–Kier alpha value is -2.09. The molecular weight excluding hydrogens is 238 g/mol. The van der Waals surface area contributed by atoms with Crippen LogP contribution in [0, 0.1) is 0 Å². The highest BCUT2D eigenvalue weighted by Crippen LogP contribution is 2.19. The Morgan fingerprint density at radius 3 is 3.18 bits per heavy atom. The zero-order valence-electron chi connectivity index (χ0n) is 8.98. The first-order valence-electron chi connectivity index (χ1n) is 5.02. The summed E-state index contributed by atoms with van der Waals surface area (Å²) in [5.41, 5.74) is 0.612. The molecule has 0 aliphatic heterocycles. The molecule has 3 aromatic rings. The first-order valence-corrected chi connectivity index (χ1v) is 5.90. The maximum atomic E-state index is 4.25. The van der Waals surface area contributed by atoms with E-state index in [1.54, 1.807) is 34.4 Å². The second kappa shape index (κ2) is 4.06. The Bertz CT molecular complexity index is 617. The van der Waals surface area contributed by atoms with E-state index < -0.39 is 0 Å². The van der Waals surface area contributed by atoms with E-state index in [4.69, 9.17) is 0 Å². The topological polar surface area (TPSA) is 80.9 Å². The molecule has 1 N–H and O–H groups in total. The van der Waals surface area contributed by atoms with Crippen LogP contribution in [0.2, 0.25) is 0 Å². The zero-order chi connectivity index (χ0) is 11.7. The molecule has 8 heteroatoms. The third kappa shape index (κ3) is 1.82. The molecule has 3 heterocycles. The van der Waals surface area contributed by atoms with Crippen LogP contribution in [-0.2, 0) is 0 Å². The van der Waals surface area contributed by atoms with Crippen LogP contribution >= 0.6 is 11.3 Å². The van der Waals surface area contributed by atoms with Gasteiger partial charge < -0.3 is 5.32 Å². The van der Waals surface area contributed by atoms with Crippen molar-refractivity contribution in [3.8, 4) is 0 Å². The van der Waals surface area contributed by atoms with E-state index in [9.17, 15) is 0 Å². The van der Waals surface area contributed by atoms with Crippen molar-refractivity contribution < 1.29 is 0 Å². The van der Waals surface area contributed by atoms with Crippen LogP contribution in [0.4, 0.5) is 5.82 Å². The molecule has 0 saturated carbocycles. The molecule has 1 atom stereocenters. The summed E-state index contributed by atoms with van der Waals surface area (Å²) >= 11 is 1.60. The van der Waals surface area contributed by atoms with Gasteiger partial charge >= 0.3 is 0 Å². The standard InChI is InChI=1S/C9H9N7S/c1-6(9-11-2-3-17-9)12-7-4-10-5-8-13-14-15-16(7)8/h2-6,12H,1H3. The number of hydrogen-bond donors (Lipinski definition) is 1. The first-order chi connectivity index (χ1) is 8.34. The van der Waals surface area contributed by atoms with Crippen LogP contribution in [-0.4, -0.2) is 30.0 Å². The van der Waals surface area contributed by atoms with Crippen molar-refractivity contribution in [3.63, 3.8) is 0 Å². The van der Waals surface area contributed by atoms with Crippen LogP contribution in [0.25, 0.3) is 5.65 Å². The number of rotatable bonds is 3. The molecule has 0 bridgehead atoms. The van der Waals surface area contributed by atoms with Gasteiger partial charge in [0.15, 0.2) is 11.5 Å². The van der Waals surface area contributed by atoms with Gasteiger partial charge in [-0.2, -0.15) is 4.52 Å². The predicted octanol–water partition coefficient (Wildman–Crippen LogP) is 1.15. The molecule has 17 heavy (non-hydrogen) atoms. The fraction of sp³-hybridized carbons (Fsp3) is 0.222. The lowest BCUT2D eigenvalue weighted by atomic mass is 10.3. The van der Waals surface area contributed by atoms with Crippen molar-refractivity contribution in [1.82, 2.24) is 30.0 Å². The molecule has 3 aromatic heterocycles. The van der Waals surface area contributed by atoms with E-state index in [1.165, 1.54) is 0 Å².